The van der Waals surface area contributed by atoms with E-state index in [4.69, 9.17) is 5.73 Å². The highest BCUT2D eigenvalue weighted by atomic mass is 16.2. The van der Waals surface area contributed by atoms with E-state index >= 15 is 0 Å². The molecule has 0 bridgehead atoms. The van der Waals surface area contributed by atoms with Gasteiger partial charge in [0.2, 0.25) is 5.91 Å². The van der Waals surface area contributed by atoms with E-state index in [9.17, 15) is 4.79 Å². The minimum absolute atomic E-state index is 0.0747. The number of carbonyl (C=O) groups excluding carboxylic acids is 1. The Morgan fingerprint density at radius 1 is 1.30 bits per heavy atom. The lowest BCUT2D eigenvalue weighted by Gasteiger charge is -2.26. The Bertz CT molecular complexity index is 392. The maximum absolute atomic E-state index is 11.8. The fourth-order valence-electron chi connectivity index (χ4n) is 2.23. The molecule has 0 spiro atoms. The number of nitrogens with two attached hydrogens (primary N) is 1. The molecule has 1 aromatic rings. The van der Waals surface area contributed by atoms with Crippen molar-refractivity contribution in [1.29, 1.82) is 0 Å². The first-order chi connectivity index (χ1) is 9.56. The van der Waals surface area contributed by atoms with Gasteiger partial charge >= 0.3 is 0 Å². The predicted molar refractivity (Wildman–Crippen MR) is 83.6 cm³/mol. The van der Waals surface area contributed by atoms with Crippen molar-refractivity contribution in [2.24, 2.45) is 5.73 Å². The van der Waals surface area contributed by atoms with Gasteiger partial charge in [0, 0.05) is 25.0 Å². The largest absolute Gasteiger partial charge is 0.353 e. The average molecular weight is 277 g/mol. The minimum atomic E-state index is 0.0747. The van der Waals surface area contributed by atoms with Crippen LogP contribution < -0.4 is 11.1 Å². The quantitative estimate of drug-likeness (QED) is 0.758. The Balaban J connectivity index is 2.59. The molecule has 0 aliphatic heterocycles. The third-order valence-corrected chi connectivity index (χ3v) is 3.30. The second kappa shape index (κ2) is 8.72. The van der Waals surface area contributed by atoms with Crippen LogP contribution in [0.15, 0.2) is 30.3 Å². The molecule has 1 atom stereocenters. The van der Waals surface area contributed by atoms with Crippen LogP contribution >= 0.6 is 0 Å². The Kier molecular flexibility index (Phi) is 7.26. The molecule has 4 heteroatoms. The smallest absolute Gasteiger partial charge is 0.234 e. The van der Waals surface area contributed by atoms with Crippen molar-refractivity contribution in [2.45, 2.75) is 32.7 Å². The lowest BCUT2D eigenvalue weighted by atomic mass is 9.98. The van der Waals surface area contributed by atoms with Gasteiger partial charge in [0.05, 0.1) is 6.54 Å². The molecule has 1 amide bonds. The third-order valence-electron chi connectivity index (χ3n) is 3.30. The van der Waals surface area contributed by atoms with Gasteiger partial charge in [0.1, 0.15) is 0 Å². The van der Waals surface area contributed by atoms with E-state index in [2.05, 4.69) is 29.3 Å². The lowest BCUT2D eigenvalue weighted by Crippen LogP contribution is -2.42. The average Bonchev–Trinajstić information content (AvgIpc) is 2.43. The molecule has 3 N–H and O–H groups in total. The van der Waals surface area contributed by atoms with Gasteiger partial charge in [0.25, 0.3) is 0 Å². The van der Waals surface area contributed by atoms with Gasteiger partial charge in [0.15, 0.2) is 0 Å². The number of hydrogen-bond acceptors (Lipinski definition) is 3. The number of rotatable bonds is 8. The zero-order valence-electron chi connectivity index (χ0n) is 12.8. The van der Waals surface area contributed by atoms with Crippen LogP contribution in [0.5, 0.6) is 0 Å². The Morgan fingerprint density at radius 2 is 1.95 bits per heavy atom. The van der Waals surface area contributed by atoms with Gasteiger partial charge in [-0.2, -0.15) is 0 Å². The van der Waals surface area contributed by atoms with Gasteiger partial charge < -0.3 is 11.1 Å². The van der Waals surface area contributed by atoms with Gasteiger partial charge in [-0.3, -0.25) is 9.69 Å². The molecule has 20 heavy (non-hydrogen) atoms. The summed E-state index contributed by atoms with van der Waals surface area (Å²) in [6, 6.07) is 10.4. The molecule has 0 heterocycles. The van der Waals surface area contributed by atoms with E-state index < -0.39 is 0 Å². The summed E-state index contributed by atoms with van der Waals surface area (Å²) >= 11 is 0. The summed E-state index contributed by atoms with van der Waals surface area (Å²) in [5.41, 5.74) is 7.13. The first-order valence-electron chi connectivity index (χ1n) is 7.33. The van der Waals surface area contributed by atoms with Gasteiger partial charge in [-0.15, -0.1) is 0 Å². The molecule has 112 valence electrons. The van der Waals surface area contributed by atoms with Crippen LogP contribution in [0.1, 0.15) is 32.3 Å². The molecular formula is C16H27N3O. The fraction of sp³-hybridized carbons (Fsp3) is 0.562. The van der Waals surface area contributed by atoms with Gasteiger partial charge in [-0.05, 0) is 26.0 Å². The molecule has 1 unspecified atom stereocenters. The zero-order chi connectivity index (χ0) is 15.0. The van der Waals surface area contributed by atoms with E-state index in [-0.39, 0.29) is 17.9 Å². The summed E-state index contributed by atoms with van der Waals surface area (Å²) in [5, 5.41) is 2.93. The Morgan fingerprint density at radius 3 is 2.45 bits per heavy atom. The van der Waals surface area contributed by atoms with E-state index in [1.165, 1.54) is 5.56 Å². The molecule has 1 rings (SSSR count). The Hall–Kier alpha value is -1.39. The number of nitrogens with one attached hydrogen (secondary N) is 1. The normalized spacial score (nSPS) is 12.7. The molecule has 0 aliphatic carbocycles. The van der Waals surface area contributed by atoms with Crippen LogP contribution in [-0.2, 0) is 4.79 Å². The Labute approximate surface area is 122 Å². The van der Waals surface area contributed by atoms with Crippen molar-refractivity contribution >= 4 is 5.91 Å². The van der Waals surface area contributed by atoms with Crippen molar-refractivity contribution in [2.75, 3.05) is 26.2 Å². The predicted octanol–water partition coefficient (Wildman–Crippen LogP) is 1.58. The summed E-state index contributed by atoms with van der Waals surface area (Å²) in [6.45, 7) is 8.69. The van der Waals surface area contributed by atoms with Crippen LogP contribution in [0.4, 0.5) is 0 Å². The molecule has 4 nitrogen and oxygen atoms in total. The second-order valence-corrected chi connectivity index (χ2v) is 5.39. The minimum Gasteiger partial charge on any atom is -0.353 e. The summed E-state index contributed by atoms with van der Waals surface area (Å²) in [6.07, 6.45) is 0. The molecule has 0 saturated heterocycles. The second-order valence-electron chi connectivity index (χ2n) is 5.39. The van der Waals surface area contributed by atoms with E-state index in [1.54, 1.807) is 0 Å². The number of nitrogens with zero attached hydrogens (tertiary/aromatic N) is 1. The van der Waals surface area contributed by atoms with E-state index in [1.807, 2.05) is 32.0 Å². The first kappa shape index (κ1) is 16.7. The summed E-state index contributed by atoms with van der Waals surface area (Å²) in [7, 11) is 0. The van der Waals surface area contributed by atoms with Crippen LogP contribution in [0, 0.1) is 0 Å². The summed E-state index contributed by atoms with van der Waals surface area (Å²) in [5.74, 6) is 0.341. The number of hydrogen-bond donors (Lipinski definition) is 2. The van der Waals surface area contributed by atoms with Crippen LogP contribution in [0.3, 0.4) is 0 Å². The number of carbonyl (C=O) groups is 1. The maximum atomic E-state index is 11.8. The van der Waals surface area contributed by atoms with Crippen molar-refractivity contribution in [3.05, 3.63) is 35.9 Å². The topological polar surface area (TPSA) is 58.4 Å². The molecular weight excluding hydrogens is 250 g/mol. The van der Waals surface area contributed by atoms with E-state index in [0.29, 0.717) is 13.1 Å². The lowest BCUT2D eigenvalue weighted by molar-refractivity contribution is -0.122. The monoisotopic (exact) mass is 277 g/mol. The highest BCUT2D eigenvalue weighted by Crippen LogP contribution is 2.15. The number of amides is 1. The fourth-order valence-corrected chi connectivity index (χ4v) is 2.23. The van der Waals surface area contributed by atoms with Crippen LogP contribution in [0.2, 0.25) is 0 Å². The van der Waals surface area contributed by atoms with Crippen molar-refractivity contribution < 1.29 is 4.79 Å². The first-order valence-corrected chi connectivity index (χ1v) is 7.33. The van der Waals surface area contributed by atoms with Gasteiger partial charge in [-0.25, -0.2) is 0 Å². The zero-order valence-corrected chi connectivity index (χ0v) is 12.8. The highest BCUT2D eigenvalue weighted by molar-refractivity contribution is 5.78. The summed E-state index contributed by atoms with van der Waals surface area (Å²) in [4.78, 5) is 14.0. The molecule has 0 fully saturated rings. The van der Waals surface area contributed by atoms with Crippen molar-refractivity contribution in [1.82, 2.24) is 10.2 Å². The number of benzene rings is 1. The third kappa shape index (κ3) is 5.72. The molecule has 0 radical (unpaired) electrons. The van der Waals surface area contributed by atoms with Crippen molar-refractivity contribution in [3.63, 3.8) is 0 Å². The molecule has 1 aromatic carbocycles. The summed E-state index contributed by atoms with van der Waals surface area (Å²) < 4.78 is 0. The SMILES string of the molecule is CCN(CC(=O)NC(C)C)CC(CN)c1ccccc1. The number of likely N-dealkylation sites (N-methyl/N-ethyl adjacent to an activating group) is 1. The maximum Gasteiger partial charge on any atom is 0.234 e. The van der Waals surface area contributed by atoms with E-state index in [0.717, 1.165) is 13.1 Å². The molecule has 0 saturated carbocycles. The molecule has 0 aliphatic rings. The standard InChI is InChI=1S/C16H27N3O/c1-4-19(12-16(20)18-13(2)3)11-15(10-17)14-8-6-5-7-9-14/h5-9,13,15H,4,10-12,17H2,1-3H3,(H,18,20). The highest BCUT2D eigenvalue weighted by Gasteiger charge is 2.16. The van der Waals surface area contributed by atoms with Gasteiger partial charge in [-0.1, -0.05) is 37.3 Å². The van der Waals surface area contributed by atoms with Crippen LogP contribution in [0.25, 0.3) is 0 Å². The molecule has 0 aromatic heterocycles. The van der Waals surface area contributed by atoms with Crippen LogP contribution in [-0.4, -0.2) is 43.0 Å². The van der Waals surface area contributed by atoms with Crippen molar-refractivity contribution in [3.8, 4) is 0 Å².